The van der Waals surface area contributed by atoms with Crippen LogP contribution in [0.2, 0.25) is 0 Å². The summed E-state index contributed by atoms with van der Waals surface area (Å²) in [5, 5.41) is 0. The number of nitrogens with zero attached hydrogens (tertiary/aromatic N) is 1. The molecule has 12 heavy (non-hydrogen) atoms. The van der Waals surface area contributed by atoms with Crippen LogP contribution in [0.1, 0.15) is 32.4 Å². The highest BCUT2D eigenvalue weighted by Crippen LogP contribution is 2.12. The molecule has 1 nitrogen and oxygen atoms in total. The summed E-state index contributed by atoms with van der Waals surface area (Å²) in [6, 6.07) is 4.33. The van der Waals surface area contributed by atoms with Crippen molar-refractivity contribution in [2.45, 2.75) is 33.1 Å². The number of rotatable bonds is 4. The molecule has 1 aromatic rings. The third kappa shape index (κ3) is 2.40. The molecule has 1 heteroatoms. The summed E-state index contributed by atoms with van der Waals surface area (Å²) in [5.41, 5.74) is 1.45. The first-order valence-corrected chi connectivity index (χ1v) is 4.84. The Labute approximate surface area is 75.4 Å². The van der Waals surface area contributed by atoms with E-state index in [0.717, 1.165) is 5.92 Å². The van der Waals surface area contributed by atoms with Crippen molar-refractivity contribution in [2.24, 2.45) is 13.0 Å². The van der Waals surface area contributed by atoms with E-state index in [9.17, 15) is 0 Å². The number of aromatic nitrogens is 1. The lowest BCUT2D eigenvalue weighted by molar-refractivity contribution is 0.509. The van der Waals surface area contributed by atoms with Crippen LogP contribution < -0.4 is 0 Å². The van der Waals surface area contributed by atoms with E-state index in [1.54, 1.807) is 0 Å². The quantitative estimate of drug-likeness (QED) is 0.646. The van der Waals surface area contributed by atoms with Crippen molar-refractivity contribution in [3.63, 3.8) is 0 Å². The van der Waals surface area contributed by atoms with Gasteiger partial charge in [0, 0.05) is 18.9 Å². The fourth-order valence-electron chi connectivity index (χ4n) is 1.66. The topological polar surface area (TPSA) is 4.93 Å². The zero-order chi connectivity index (χ0) is 8.97. The first-order valence-electron chi connectivity index (χ1n) is 4.84. The first kappa shape index (κ1) is 9.37. The molecule has 0 amide bonds. The van der Waals surface area contributed by atoms with Crippen LogP contribution in [0.25, 0.3) is 0 Å². The Morgan fingerprint density at radius 1 is 1.50 bits per heavy atom. The van der Waals surface area contributed by atoms with Crippen LogP contribution in [0.5, 0.6) is 0 Å². The summed E-state index contributed by atoms with van der Waals surface area (Å²) < 4.78 is 2.21. The van der Waals surface area contributed by atoms with Gasteiger partial charge in [0.1, 0.15) is 0 Å². The van der Waals surface area contributed by atoms with Gasteiger partial charge in [-0.05, 0) is 24.5 Å². The van der Waals surface area contributed by atoms with Crippen LogP contribution in [-0.4, -0.2) is 4.57 Å². The molecule has 0 N–H and O–H groups in total. The van der Waals surface area contributed by atoms with E-state index >= 15 is 0 Å². The molecular weight excluding hydrogens is 146 g/mol. The molecule has 68 valence electrons. The predicted octanol–water partition coefficient (Wildman–Crippen LogP) is 3.00. The fraction of sp³-hybridized carbons (Fsp3) is 0.636. The molecule has 1 aromatic heterocycles. The van der Waals surface area contributed by atoms with E-state index < -0.39 is 0 Å². The summed E-state index contributed by atoms with van der Waals surface area (Å²) in [7, 11) is 2.12. The van der Waals surface area contributed by atoms with Crippen LogP contribution in [0.3, 0.4) is 0 Å². The van der Waals surface area contributed by atoms with Gasteiger partial charge in [0.2, 0.25) is 0 Å². The summed E-state index contributed by atoms with van der Waals surface area (Å²) in [4.78, 5) is 0. The minimum absolute atomic E-state index is 0.823. The molecule has 0 aliphatic rings. The predicted molar refractivity (Wildman–Crippen MR) is 53.2 cm³/mol. The standard InChI is InChI=1S/C11H19N/c1-4-6-10(2)9-11-7-5-8-12(11)3/h5,7-8,10H,4,6,9H2,1-3H3. The van der Waals surface area contributed by atoms with Gasteiger partial charge < -0.3 is 4.57 Å². The molecule has 0 aromatic carbocycles. The monoisotopic (exact) mass is 165 g/mol. The third-order valence-corrected chi connectivity index (χ3v) is 2.39. The van der Waals surface area contributed by atoms with E-state index in [1.165, 1.54) is 25.0 Å². The highest BCUT2D eigenvalue weighted by molar-refractivity contribution is 5.06. The molecule has 0 fully saturated rings. The van der Waals surface area contributed by atoms with Crippen LogP contribution >= 0.6 is 0 Å². The van der Waals surface area contributed by atoms with Crippen LogP contribution in [-0.2, 0) is 13.5 Å². The zero-order valence-corrected chi connectivity index (χ0v) is 8.38. The van der Waals surface area contributed by atoms with Crippen molar-refractivity contribution in [3.05, 3.63) is 24.0 Å². The van der Waals surface area contributed by atoms with E-state index in [-0.39, 0.29) is 0 Å². The van der Waals surface area contributed by atoms with Gasteiger partial charge in [-0.25, -0.2) is 0 Å². The minimum Gasteiger partial charge on any atom is -0.354 e. The summed E-state index contributed by atoms with van der Waals surface area (Å²) in [5.74, 6) is 0.823. The molecule has 0 radical (unpaired) electrons. The fourth-order valence-corrected chi connectivity index (χ4v) is 1.66. The Hall–Kier alpha value is -0.720. The Bertz CT molecular complexity index is 225. The Morgan fingerprint density at radius 2 is 2.25 bits per heavy atom. The van der Waals surface area contributed by atoms with E-state index in [4.69, 9.17) is 0 Å². The average molecular weight is 165 g/mol. The van der Waals surface area contributed by atoms with Crippen molar-refractivity contribution in [1.29, 1.82) is 0 Å². The van der Waals surface area contributed by atoms with Crippen molar-refractivity contribution in [1.82, 2.24) is 4.57 Å². The molecule has 1 heterocycles. The van der Waals surface area contributed by atoms with Crippen molar-refractivity contribution in [3.8, 4) is 0 Å². The molecule has 0 saturated carbocycles. The van der Waals surface area contributed by atoms with Gasteiger partial charge in [-0.15, -0.1) is 0 Å². The smallest absolute Gasteiger partial charge is 0.0174 e. The summed E-state index contributed by atoms with van der Waals surface area (Å²) in [6.07, 6.45) is 5.97. The average Bonchev–Trinajstić information content (AvgIpc) is 2.37. The Kier molecular flexibility index (Phi) is 3.39. The minimum atomic E-state index is 0.823. The molecular formula is C11H19N. The maximum atomic E-state index is 2.33. The lowest BCUT2D eigenvalue weighted by atomic mass is 10.0. The maximum absolute atomic E-state index is 2.33. The molecule has 0 aliphatic carbocycles. The van der Waals surface area contributed by atoms with E-state index in [0.29, 0.717) is 0 Å². The highest BCUT2D eigenvalue weighted by atomic mass is 14.9. The highest BCUT2D eigenvalue weighted by Gasteiger charge is 2.03. The molecule has 0 aliphatic heterocycles. The molecule has 1 rings (SSSR count). The number of hydrogen-bond acceptors (Lipinski definition) is 0. The van der Waals surface area contributed by atoms with Gasteiger partial charge >= 0.3 is 0 Å². The van der Waals surface area contributed by atoms with Crippen molar-refractivity contribution in [2.75, 3.05) is 0 Å². The molecule has 1 unspecified atom stereocenters. The Morgan fingerprint density at radius 3 is 2.75 bits per heavy atom. The van der Waals surface area contributed by atoms with Gasteiger partial charge in [-0.1, -0.05) is 26.7 Å². The van der Waals surface area contributed by atoms with Gasteiger partial charge in [-0.2, -0.15) is 0 Å². The number of hydrogen-bond donors (Lipinski definition) is 0. The van der Waals surface area contributed by atoms with Crippen LogP contribution in [0, 0.1) is 5.92 Å². The summed E-state index contributed by atoms with van der Waals surface area (Å²) in [6.45, 7) is 4.58. The Balaban J connectivity index is 2.46. The second-order valence-corrected chi connectivity index (χ2v) is 3.71. The molecule has 0 spiro atoms. The van der Waals surface area contributed by atoms with Gasteiger partial charge in [-0.3, -0.25) is 0 Å². The third-order valence-electron chi connectivity index (χ3n) is 2.39. The lowest BCUT2D eigenvalue weighted by Gasteiger charge is -2.10. The van der Waals surface area contributed by atoms with Crippen molar-refractivity contribution >= 4 is 0 Å². The van der Waals surface area contributed by atoms with E-state index in [2.05, 4.69) is 43.8 Å². The first-order chi connectivity index (χ1) is 5.74. The van der Waals surface area contributed by atoms with Gasteiger partial charge in [0.15, 0.2) is 0 Å². The molecule has 0 saturated heterocycles. The summed E-state index contributed by atoms with van der Waals surface area (Å²) >= 11 is 0. The maximum Gasteiger partial charge on any atom is 0.0174 e. The van der Waals surface area contributed by atoms with Crippen LogP contribution in [0.15, 0.2) is 18.3 Å². The molecule has 1 atom stereocenters. The largest absolute Gasteiger partial charge is 0.354 e. The van der Waals surface area contributed by atoms with Gasteiger partial charge in [0.05, 0.1) is 0 Å². The molecule has 0 bridgehead atoms. The lowest BCUT2D eigenvalue weighted by Crippen LogP contribution is -2.03. The van der Waals surface area contributed by atoms with Gasteiger partial charge in [0.25, 0.3) is 0 Å². The second-order valence-electron chi connectivity index (χ2n) is 3.71. The number of aryl methyl sites for hydroxylation is 1. The van der Waals surface area contributed by atoms with Crippen molar-refractivity contribution < 1.29 is 0 Å². The zero-order valence-electron chi connectivity index (χ0n) is 8.38. The van der Waals surface area contributed by atoms with E-state index in [1.807, 2.05) is 0 Å². The van der Waals surface area contributed by atoms with Crippen LogP contribution in [0.4, 0.5) is 0 Å². The second kappa shape index (κ2) is 4.34. The SMILES string of the molecule is CCCC(C)Cc1cccn1C. The normalized spacial score (nSPS) is 13.2.